The van der Waals surface area contributed by atoms with Crippen LogP contribution < -0.4 is 0 Å². The summed E-state index contributed by atoms with van der Waals surface area (Å²) in [5.74, 6) is -0.475. The first-order valence-electron chi connectivity index (χ1n) is 5.11. The molecule has 0 aromatic rings. The molecule has 0 fully saturated rings. The van der Waals surface area contributed by atoms with Crippen molar-refractivity contribution in [3.05, 3.63) is 0 Å². The minimum absolute atomic E-state index is 0.179. The molecule has 92 valence electrons. The second-order valence-corrected chi connectivity index (χ2v) is 7.91. The van der Waals surface area contributed by atoms with Crippen LogP contribution in [0.1, 0.15) is 26.7 Å². The van der Waals surface area contributed by atoms with Crippen LogP contribution in [0.15, 0.2) is 0 Å². The fraction of sp³-hybridized carbons (Fsp3) is 1.00. The van der Waals surface area contributed by atoms with Gasteiger partial charge in [0.05, 0.1) is 0 Å². The summed E-state index contributed by atoms with van der Waals surface area (Å²) in [6, 6.07) is -0.411. The van der Waals surface area contributed by atoms with E-state index in [0.29, 0.717) is 12.5 Å². The molecule has 0 saturated carbocycles. The van der Waals surface area contributed by atoms with Crippen LogP contribution in [0.3, 0.4) is 0 Å². The molecular weight excluding hydrogens is 247 g/mol. The molecule has 7 heteroatoms. The van der Waals surface area contributed by atoms with Crippen LogP contribution in [0.5, 0.6) is 0 Å². The summed E-state index contributed by atoms with van der Waals surface area (Å²) in [5.41, 5.74) is -2.57. The lowest BCUT2D eigenvalue weighted by atomic mass is 10.2. The normalized spacial score (nSPS) is 16.2. The third-order valence-electron chi connectivity index (χ3n) is 2.34. The lowest BCUT2D eigenvalue weighted by Gasteiger charge is -2.15. The van der Waals surface area contributed by atoms with Crippen LogP contribution in [0.2, 0.25) is 12.1 Å². The van der Waals surface area contributed by atoms with Gasteiger partial charge in [0.2, 0.25) is 5.55 Å². The van der Waals surface area contributed by atoms with Crippen molar-refractivity contribution in [1.29, 1.82) is 0 Å². The average Bonchev–Trinajstić information content (AvgIpc) is 2.00. The van der Waals surface area contributed by atoms with E-state index in [1.165, 1.54) is 13.8 Å². The van der Waals surface area contributed by atoms with Gasteiger partial charge in [0.1, 0.15) is 9.52 Å². The van der Waals surface area contributed by atoms with Crippen molar-refractivity contribution in [2.75, 3.05) is 0 Å². The molecule has 0 saturated heterocycles. The zero-order valence-corrected chi connectivity index (χ0v) is 11.4. The predicted octanol–water partition coefficient (Wildman–Crippen LogP) is 3.45. The van der Waals surface area contributed by atoms with Gasteiger partial charge in [0.25, 0.3) is 0 Å². The van der Waals surface area contributed by atoms with E-state index in [0.717, 1.165) is 0 Å². The topological polar surface area (TPSA) is 0 Å². The molecule has 0 bridgehead atoms. The largest absolute Gasteiger partial charge is 0.616 e. The van der Waals surface area contributed by atoms with Gasteiger partial charge in [0, 0.05) is 12.5 Å². The Balaban J connectivity index is 3.69. The Kier molecular flexibility index (Phi) is 6.01. The third-order valence-corrected chi connectivity index (χ3v) is 5.49. The van der Waals surface area contributed by atoms with E-state index in [-0.39, 0.29) is 6.42 Å². The molecule has 0 N–H and O–H groups in total. The van der Waals surface area contributed by atoms with E-state index in [1.807, 2.05) is 0 Å². The van der Waals surface area contributed by atoms with Gasteiger partial charge in [-0.15, -0.1) is 0 Å². The quantitative estimate of drug-likeness (QED) is 0.375. The second-order valence-electron chi connectivity index (χ2n) is 4.03. The summed E-state index contributed by atoms with van der Waals surface area (Å²) in [4.78, 5) is 0. The summed E-state index contributed by atoms with van der Waals surface area (Å²) < 4.78 is 61.7. The highest BCUT2D eigenvalue weighted by molar-refractivity contribution is 6.58. The second kappa shape index (κ2) is 5.98. The van der Waals surface area contributed by atoms with Gasteiger partial charge in [0.15, 0.2) is 0 Å². The van der Waals surface area contributed by atoms with Gasteiger partial charge in [-0.05, 0) is 5.92 Å². The van der Waals surface area contributed by atoms with Gasteiger partial charge in [-0.25, -0.2) is 21.1 Å². The molecule has 0 amide bonds. The molecule has 0 rings (SSSR count). The molecule has 1 atom stereocenters. The third kappa shape index (κ3) is 9.04. The Morgan fingerprint density at radius 2 is 1.80 bits per heavy atom. The number of alkyl halides is 2. The van der Waals surface area contributed by atoms with Crippen LogP contribution in [-0.2, 0) is 0 Å². The summed E-state index contributed by atoms with van der Waals surface area (Å²) in [7, 11) is -7.04. The molecule has 0 aromatic carbocycles. The molecule has 0 heterocycles. The van der Waals surface area contributed by atoms with Crippen molar-refractivity contribution in [3.63, 3.8) is 0 Å². The SMILES string of the molecule is CCC(F)(F)[SiH2]CCC(C)C[Si](F)(F)F. The molecule has 0 aromatic heterocycles. The molecular formula is C8H17F5Si2. The Hall–Kier alpha value is 0.0838. The van der Waals surface area contributed by atoms with E-state index in [2.05, 4.69) is 0 Å². The van der Waals surface area contributed by atoms with Crippen molar-refractivity contribution >= 4 is 18.6 Å². The smallest absolute Gasteiger partial charge is 0.238 e. The molecule has 0 aliphatic heterocycles. The monoisotopic (exact) mass is 264 g/mol. The Labute approximate surface area is 90.6 Å². The van der Waals surface area contributed by atoms with Crippen LogP contribution in [-0.4, -0.2) is 24.1 Å². The minimum Gasteiger partial charge on any atom is -0.238 e. The molecule has 0 nitrogen and oxygen atoms in total. The zero-order chi connectivity index (χ0) is 12.1. The number of halogens is 5. The maximum Gasteiger partial charge on any atom is 0.616 e. The van der Waals surface area contributed by atoms with E-state index in [9.17, 15) is 21.1 Å². The lowest BCUT2D eigenvalue weighted by molar-refractivity contribution is 0.0860. The van der Waals surface area contributed by atoms with Gasteiger partial charge < -0.3 is 0 Å². The van der Waals surface area contributed by atoms with Crippen molar-refractivity contribution in [1.82, 2.24) is 0 Å². The highest BCUT2D eigenvalue weighted by atomic mass is 28.5. The summed E-state index contributed by atoms with van der Waals surface area (Å²) >= 11 is 0. The molecule has 0 aliphatic rings. The van der Waals surface area contributed by atoms with E-state index >= 15 is 0 Å². The molecule has 0 radical (unpaired) electrons. The van der Waals surface area contributed by atoms with Crippen molar-refractivity contribution in [2.45, 2.75) is 44.3 Å². The number of hydrogen-bond donors (Lipinski definition) is 0. The minimum atomic E-state index is -5.50. The number of hydrogen-bond acceptors (Lipinski definition) is 0. The van der Waals surface area contributed by atoms with Crippen molar-refractivity contribution in [3.8, 4) is 0 Å². The zero-order valence-electron chi connectivity index (χ0n) is 9.00. The van der Waals surface area contributed by atoms with Crippen molar-refractivity contribution in [2.24, 2.45) is 5.92 Å². The fourth-order valence-electron chi connectivity index (χ4n) is 1.38. The molecule has 0 aliphatic carbocycles. The summed E-state index contributed by atoms with van der Waals surface area (Å²) in [6.07, 6.45) is 0.121. The Bertz CT molecular complexity index is 180. The van der Waals surface area contributed by atoms with Crippen molar-refractivity contribution < 1.29 is 21.1 Å². The van der Waals surface area contributed by atoms with E-state index < -0.39 is 36.1 Å². The van der Waals surface area contributed by atoms with Crippen LogP contribution in [0, 0.1) is 5.92 Å². The van der Waals surface area contributed by atoms with Crippen LogP contribution >= 0.6 is 0 Å². The Morgan fingerprint density at radius 1 is 1.27 bits per heavy atom. The van der Waals surface area contributed by atoms with Gasteiger partial charge in [-0.3, -0.25) is 0 Å². The standard InChI is InChI=1S/C8H17F5Si2/c1-3-8(9,10)14-5-4-7(2)6-15(11,12)13/h7H,3-6,14H2,1-2H3. The highest BCUT2D eigenvalue weighted by Gasteiger charge is 2.38. The maximum absolute atomic E-state index is 12.8. The predicted molar refractivity (Wildman–Crippen MR) is 56.3 cm³/mol. The van der Waals surface area contributed by atoms with Crippen LogP contribution in [0.4, 0.5) is 21.1 Å². The van der Waals surface area contributed by atoms with Gasteiger partial charge in [-0.1, -0.05) is 26.3 Å². The van der Waals surface area contributed by atoms with E-state index in [1.54, 1.807) is 0 Å². The lowest BCUT2D eigenvalue weighted by Crippen LogP contribution is -2.24. The van der Waals surface area contributed by atoms with Gasteiger partial charge in [-0.2, -0.15) is 0 Å². The average molecular weight is 264 g/mol. The maximum atomic E-state index is 12.8. The fourth-order valence-corrected chi connectivity index (χ4v) is 4.15. The summed E-state index contributed by atoms with van der Waals surface area (Å²) in [5, 5.41) is 0. The summed E-state index contributed by atoms with van der Waals surface area (Å²) in [6.45, 7) is 2.91. The van der Waals surface area contributed by atoms with Gasteiger partial charge >= 0.3 is 9.08 Å². The molecule has 0 spiro atoms. The Morgan fingerprint density at radius 3 is 2.20 bits per heavy atom. The van der Waals surface area contributed by atoms with Crippen LogP contribution in [0.25, 0.3) is 0 Å². The van der Waals surface area contributed by atoms with E-state index in [4.69, 9.17) is 0 Å². The first-order chi connectivity index (χ1) is 6.66. The number of rotatable bonds is 7. The first kappa shape index (κ1) is 15.1. The highest BCUT2D eigenvalue weighted by Crippen LogP contribution is 2.25. The first-order valence-corrected chi connectivity index (χ1v) is 8.65. The molecule has 15 heavy (non-hydrogen) atoms. The molecule has 1 unspecified atom stereocenters.